The maximum Gasteiger partial charge on any atom is 0.233 e. The maximum atomic E-state index is 13.3. The molecule has 0 unspecified atom stereocenters. The van der Waals surface area contributed by atoms with Crippen molar-refractivity contribution in [3.8, 4) is 23.2 Å². The molecule has 5 rings (SSSR count). The smallest absolute Gasteiger partial charge is 0.233 e. The molecule has 12 heteroatoms. The molecule has 1 saturated heterocycles. The monoisotopic (exact) mass is 546 g/mol. The zero-order valence-electron chi connectivity index (χ0n) is 22.1. The molecule has 4 aromatic rings. The summed E-state index contributed by atoms with van der Waals surface area (Å²) in [7, 11) is -2.37. The van der Waals surface area contributed by atoms with E-state index in [4.69, 9.17) is 4.74 Å². The molecule has 1 fully saturated rings. The molecule has 0 saturated carbocycles. The minimum absolute atomic E-state index is 0.0412. The lowest BCUT2D eigenvalue weighted by molar-refractivity contribution is 0.0267. The Morgan fingerprint density at radius 2 is 1.95 bits per heavy atom. The minimum atomic E-state index is -2.37. The van der Waals surface area contributed by atoms with Crippen molar-refractivity contribution in [1.29, 1.82) is 5.26 Å². The van der Waals surface area contributed by atoms with E-state index in [1.165, 1.54) is 6.20 Å². The first-order chi connectivity index (χ1) is 18.7. The fourth-order valence-electron chi connectivity index (χ4n) is 4.22. The van der Waals surface area contributed by atoms with E-state index in [1.807, 2.05) is 31.2 Å². The summed E-state index contributed by atoms with van der Waals surface area (Å²) in [5.41, 5.74) is 2.71. The topological polar surface area (TPSA) is 142 Å². The van der Waals surface area contributed by atoms with Gasteiger partial charge in [-0.3, -0.25) is 4.98 Å². The van der Waals surface area contributed by atoms with Crippen molar-refractivity contribution in [3.05, 3.63) is 60.3 Å². The summed E-state index contributed by atoms with van der Waals surface area (Å²) in [5, 5.41) is 23.9. The molecule has 5 heterocycles. The Morgan fingerprint density at radius 1 is 1.15 bits per heavy atom. The van der Waals surface area contributed by atoms with E-state index < -0.39 is 15.3 Å². The molecule has 4 aromatic heterocycles. The Kier molecular flexibility index (Phi) is 7.20. The Morgan fingerprint density at radius 3 is 2.56 bits per heavy atom. The number of aromatic nitrogens is 5. The summed E-state index contributed by atoms with van der Waals surface area (Å²) < 4.78 is 25.1. The number of nitriles is 1. The van der Waals surface area contributed by atoms with Crippen LogP contribution in [0.15, 0.2) is 53.4 Å². The second-order valence-electron chi connectivity index (χ2n) is 10.0. The van der Waals surface area contributed by atoms with Crippen LogP contribution in [0.25, 0.3) is 16.8 Å². The zero-order chi connectivity index (χ0) is 27.6. The van der Waals surface area contributed by atoms with Crippen LogP contribution >= 0.6 is 0 Å². The van der Waals surface area contributed by atoms with Crippen LogP contribution in [0.1, 0.15) is 32.0 Å². The maximum absolute atomic E-state index is 13.3. The fourth-order valence-corrected chi connectivity index (χ4v) is 6.11. The molecular formula is C27H30N8O3S. The highest BCUT2D eigenvalue weighted by Gasteiger charge is 2.23. The summed E-state index contributed by atoms with van der Waals surface area (Å²) in [6.07, 6.45) is 7.29. The highest BCUT2D eigenvalue weighted by atomic mass is 32.2. The number of hydrogen-bond donors (Lipinski definition) is 1. The van der Waals surface area contributed by atoms with Crippen molar-refractivity contribution in [1.82, 2.24) is 24.6 Å². The van der Waals surface area contributed by atoms with Crippen molar-refractivity contribution in [2.45, 2.75) is 32.8 Å². The van der Waals surface area contributed by atoms with Crippen molar-refractivity contribution < 1.29 is 14.1 Å². The highest BCUT2D eigenvalue weighted by Crippen LogP contribution is 2.29. The summed E-state index contributed by atoms with van der Waals surface area (Å²) >= 11 is 0. The second kappa shape index (κ2) is 10.6. The van der Waals surface area contributed by atoms with Gasteiger partial charge < -0.3 is 14.7 Å². The fraction of sp³-hybridized carbons (Fsp3) is 0.370. The molecule has 11 nitrogen and oxygen atoms in total. The number of ether oxygens (including phenoxy) is 1. The quantitative estimate of drug-likeness (QED) is 0.369. The lowest BCUT2D eigenvalue weighted by Crippen LogP contribution is -2.40. The van der Waals surface area contributed by atoms with Gasteiger partial charge in [-0.25, -0.2) is 18.7 Å². The van der Waals surface area contributed by atoms with E-state index in [2.05, 4.69) is 35.4 Å². The second-order valence-corrected chi connectivity index (χ2v) is 12.6. The van der Waals surface area contributed by atoms with Crippen LogP contribution in [0.3, 0.4) is 0 Å². The third-order valence-corrected chi connectivity index (χ3v) is 8.50. The Labute approximate surface area is 227 Å². The van der Waals surface area contributed by atoms with Crippen molar-refractivity contribution in [3.63, 3.8) is 0 Å². The number of fused-ring (bicyclic) bond motifs is 1. The van der Waals surface area contributed by atoms with Gasteiger partial charge in [0.05, 0.1) is 39.6 Å². The van der Waals surface area contributed by atoms with Crippen LogP contribution in [0.4, 0.5) is 11.5 Å². The predicted octanol–water partition coefficient (Wildman–Crippen LogP) is 3.39. The number of aliphatic hydroxyl groups is 1. The predicted molar refractivity (Wildman–Crippen MR) is 149 cm³/mol. The van der Waals surface area contributed by atoms with E-state index in [0.29, 0.717) is 52.6 Å². The van der Waals surface area contributed by atoms with E-state index >= 15 is 0 Å². The first kappa shape index (κ1) is 26.5. The van der Waals surface area contributed by atoms with Crippen LogP contribution in [0.5, 0.6) is 5.88 Å². The van der Waals surface area contributed by atoms with Crippen molar-refractivity contribution >= 4 is 26.8 Å². The van der Waals surface area contributed by atoms with Crippen LogP contribution in [0.2, 0.25) is 0 Å². The van der Waals surface area contributed by atoms with Gasteiger partial charge in [0.25, 0.3) is 0 Å². The van der Waals surface area contributed by atoms with Crippen LogP contribution in [-0.2, 0) is 16.1 Å². The van der Waals surface area contributed by atoms with Crippen LogP contribution in [-0.4, -0.2) is 70.7 Å². The van der Waals surface area contributed by atoms with Gasteiger partial charge in [0, 0.05) is 42.0 Å². The molecule has 0 spiro atoms. The molecule has 0 bridgehead atoms. The zero-order valence-corrected chi connectivity index (χ0v) is 22.9. The minimum Gasteiger partial charge on any atom is -0.474 e. The average molecular weight is 547 g/mol. The summed E-state index contributed by atoms with van der Waals surface area (Å²) in [6, 6.07) is 9.72. The normalized spacial score (nSPS) is 15.2. The molecule has 0 aromatic carbocycles. The number of nitrogens with zero attached hydrogens (tertiary/aromatic N) is 8. The first-order valence-corrected chi connectivity index (χ1v) is 14.5. The van der Waals surface area contributed by atoms with Crippen LogP contribution in [0, 0.1) is 11.3 Å². The molecule has 1 aliphatic rings. The molecule has 0 atom stereocenters. The Hall–Kier alpha value is -4.08. The molecule has 1 N–H and O–H groups in total. The van der Waals surface area contributed by atoms with E-state index in [-0.39, 0.29) is 12.5 Å². The lowest BCUT2D eigenvalue weighted by atomic mass is 10.1. The number of aryl methyl sites for hydroxylation is 1. The molecular weight excluding hydrogens is 516 g/mol. The molecule has 202 valence electrons. The molecule has 0 amide bonds. The van der Waals surface area contributed by atoms with Gasteiger partial charge in [0.15, 0.2) is 0 Å². The lowest BCUT2D eigenvalue weighted by Gasteiger charge is -2.29. The highest BCUT2D eigenvalue weighted by molar-refractivity contribution is 7.93. The SMILES string of the molecule is CCc1ccc(N=S2(=O)CCN(c3ccc(-c4nc(OCC(C)(C)O)cn5ncc(C#N)c45)cn3)CC2)cn1. The molecule has 1 aliphatic heterocycles. The van der Waals surface area contributed by atoms with Gasteiger partial charge in [-0.2, -0.15) is 14.7 Å². The van der Waals surface area contributed by atoms with Gasteiger partial charge >= 0.3 is 0 Å². The Balaban J connectivity index is 1.36. The largest absolute Gasteiger partial charge is 0.474 e. The van der Waals surface area contributed by atoms with E-state index in [0.717, 1.165) is 17.9 Å². The van der Waals surface area contributed by atoms with Gasteiger partial charge in [0.2, 0.25) is 5.88 Å². The number of anilines is 1. The van der Waals surface area contributed by atoms with E-state index in [1.54, 1.807) is 37.0 Å². The molecule has 0 aliphatic carbocycles. The number of hydrogen-bond acceptors (Lipinski definition) is 10. The standard InChI is InChI=1S/C27H30N8O3S/c1-4-21-6-7-22(16-29-21)33-39(37)11-9-34(10-12-39)23-8-5-19(14-30-23)25-26-20(13-28)15-31-35(26)17-24(32-25)38-18-27(2,3)36/h5-8,14-17,36H,4,9-12,18H2,1-3H3. The van der Waals surface area contributed by atoms with Crippen molar-refractivity contribution in [2.75, 3.05) is 36.1 Å². The number of rotatable bonds is 7. The molecule has 39 heavy (non-hydrogen) atoms. The summed E-state index contributed by atoms with van der Waals surface area (Å²) in [5.74, 6) is 1.91. The number of pyridine rings is 2. The third kappa shape index (κ3) is 6.00. The van der Waals surface area contributed by atoms with Gasteiger partial charge in [-0.05, 0) is 44.5 Å². The summed E-state index contributed by atoms with van der Waals surface area (Å²) in [4.78, 5) is 15.7. The van der Waals surface area contributed by atoms with Gasteiger partial charge in [0.1, 0.15) is 35.3 Å². The van der Waals surface area contributed by atoms with E-state index in [9.17, 15) is 14.6 Å². The molecule has 0 radical (unpaired) electrons. The van der Waals surface area contributed by atoms with Gasteiger partial charge in [-0.15, -0.1) is 0 Å². The first-order valence-electron chi connectivity index (χ1n) is 12.7. The van der Waals surface area contributed by atoms with Crippen LogP contribution < -0.4 is 9.64 Å². The van der Waals surface area contributed by atoms with Gasteiger partial charge in [-0.1, -0.05) is 6.92 Å². The van der Waals surface area contributed by atoms with Crippen molar-refractivity contribution in [2.24, 2.45) is 4.36 Å². The third-order valence-electron chi connectivity index (χ3n) is 6.32. The average Bonchev–Trinajstić information content (AvgIpc) is 3.35. The summed E-state index contributed by atoms with van der Waals surface area (Å²) in [6.45, 7) is 6.51. The Bertz CT molecular complexity index is 1630.